The van der Waals surface area contributed by atoms with Crippen LogP contribution in [0.15, 0.2) is 24.3 Å². The molecule has 0 aromatic heterocycles. The fourth-order valence-corrected chi connectivity index (χ4v) is 5.12. The van der Waals surface area contributed by atoms with Crippen LogP contribution in [0.1, 0.15) is 24.3 Å². The Hall–Kier alpha value is -1.35. The molecule has 0 N–H and O–H groups in total. The van der Waals surface area contributed by atoms with Crippen molar-refractivity contribution in [3.8, 4) is 5.75 Å². The smallest absolute Gasteiger partial charge is 0.137 e. The van der Waals surface area contributed by atoms with Crippen molar-refractivity contribution in [1.29, 1.82) is 0 Å². The molecule has 3 heteroatoms. The molecule has 5 rings (SSSR count). The summed E-state index contributed by atoms with van der Waals surface area (Å²) in [6.45, 7) is 1.66. The monoisotopic (exact) mass is 270 g/mol. The Balaban J connectivity index is 1.57. The van der Waals surface area contributed by atoms with Crippen molar-refractivity contribution in [2.75, 3.05) is 13.2 Å². The molecule has 3 nitrogen and oxygen atoms in total. The van der Waals surface area contributed by atoms with Gasteiger partial charge >= 0.3 is 0 Å². The summed E-state index contributed by atoms with van der Waals surface area (Å²) in [4.78, 5) is 12.6. The summed E-state index contributed by atoms with van der Waals surface area (Å²) in [6.07, 6.45) is 1.90. The van der Waals surface area contributed by atoms with Crippen molar-refractivity contribution >= 4 is 5.78 Å². The van der Waals surface area contributed by atoms with Crippen LogP contribution in [-0.2, 0) is 9.53 Å². The number of ketones is 1. The highest BCUT2D eigenvalue weighted by atomic mass is 16.5. The molecule has 4 aliphatic rings. The number of Topliss-reactive ketones (excluding diaryl/α,β-unsaturated/α-hetero) is 1. The Labute approximate surface area is 118 Å². The van der Waals surface area contributed by atoms with E-state index in [4.69, 9.17) is 9.47 Å². The first kappa shape index (κ1) is 11.3. The molecule has 0 radical (unpaired) electrons. The van der Waals surface area contributed by atoms with Crippen molar-refractivity contribution in [2.45, 2.75) is 24.9 Å². The topological polar surface area (TPSA) is 35.5 Å². The maximum Gasteiger partial charge on any atom is 0.137 e. The molecule has 0 amide bonds. The zero-order chi connectivity index (χ0) is 13.3. The van der Waals surface area contributed by atoms with Crippen LogP contribution in [-0.4, -0.2) is 25.1 Å². The van der Waals surface area contributed by atoms with Crippen LogP contribution in [0.4, 0.5) is 0 Å². The molecule has 2 heterocycles. The molecule has 20 heavy (non-hydrogen) atoms. The van der Waals surface area contributed by atoms with Gasteiger partial charge in [0.1, 0.15) is 17.6 Å². The molecular formula is C17H18O3. The number of hydrogen-bond acceptors (Lipinski definition) is 3. The van der Waals surface area contributed by atoms with Crippen molar-refractivity contribution in [3.05, 3.63) is 29.8 Å². The minimum atomic E-state index is 0.201. The highest BCUT2D eigenvalue weighted by Gasteiger charge is 2.58. The molecule has 104 valence electrons. The van der Waals surface area contributed by atoms with E-state index in [0.717, 1.165) is 25.4 Å². The van der Waals surface area contributed by atoms with E-state index in [2.05, 4.69) is 12.1 Å². The lowest BCUT2D eigenvalue weighted by molar-refractivity contribution is -0.130. The minimum absolute atomic E-state index is 0.201. The second kappa shape index (κ2) is 3.85. The number of rotatable bonds is 0. The van der Waals surface area contributed by atoms with Gasteiger partial charge in [-0.1, -0.05) is 18.2 Å². The summed E-state index contributed by atoms with van der Waals surface area (Å²) in [5.41, 5.74) is 1.24. The third-order valence-corrected chi connectivity index (χ3v) is 5.96. The number of fused-ring (bicyclic) bond motifs is 7. The van der Waals surface area contributed by atoms with Crippen molar-refractivity contribution in [1.82, 2.24) is 0 Å². The van der Waals surface area contributed by atoms with Gasteiger partial charge in [-0.15, -0.1) is 0 Å². The van der Waals surface area contributed by atoms with Gasteiger partial charge in [0.25, 0.3) is 0 Å². The molecule has 2 saturated carbocycles. The molecule has 1 aromatic rings. The largest absolute Gasteiger partial charge is 0.489 e. The van der Waals surface area contributed by atoms with Gasteiger partial charge < -0.3 is 9.47 Å². The van der Waals surface area contributed by atoms with Crippen molar-refractivity contribution < 1.29 is 14.3 Å². The van der Waals surface area contributed by atoms with Gasteiger partial charge in [0.05, 0.1) is 6.61 Å². The third-order valence-electron chi connectivity index (χ3n) is 5.96. The maximum absolute atomic E-state index is 12.6. The number of ether oxygens (including phenoxy) is 2. The van der Waals surface area contributed by atoms with Crippen molar-refractivity contribution in [3.63, 3.8) is 0 Å². The van der Waals surface area contributed by atoms with Crippen LogP contribution in [0.3, 0.4) is 0 Å². The van der Waals surface area contributed by atoms with E-state index in [1.165, 1.54) is 5.56 Å². The molecule has 0 spiro atoms. The first-order chi connectivity index (χ1) is 9.83. The number of carbonyl (C=O) groups is 1. The lowest BCUT2D eigenvalue weighted by atomic mass is 9.69. The molecule has 2 aliphatic carbocycles. The van der Waals surface area contributed by atoms with E-state index in [0.29, 0.717) is 30.0 Å². The lowest BCUT2D eigenvalue weighted by Crippen LogP contribution is -2.44. The zero-order valence-corrected chi connectivity index (χ0v) is 11.3. The molecule has 1 aromatic carbocycles. The Bertz CT molecular complexity index is 581. The van der Waals surface area contributed by atoms with Crippen LogP contribution >= 0.6 is 0 Å². The highest BCUT2D eigenvalue weighted by Crippen LogP contribution is 2.57. The summed E-state index contributed by atoms with van der Waals surface area (Å²) in [6, 6.07) is 8.25. The van der Waals surface area contributed by atoms with E-state index < -0.39 is 0 Å². The van der Waals surface area contributed by atoms with E-state index in [1.807, 2.05) is 12.1 Å². The number of para-hydroxylation sites is 1. The van der Waals surface area contributed by atoms with E-state index in [-0.39, 0.29) is 17.9 Å². The summed E-state index contributed by atoms with van der Waals surface area (Å²) < 4.78 is 11.9. The van der Waals surface area contributed by atoms with Crippen LogP contribution in [0.25, 0.3) is 0 Å². The normalized spacial score (nSPS) is 44.5. The molecule has 3 fully saturated rings. The molecule has 6 atom stereocenters. The van der Waals surface area contributed by atoms with Crippen LogP contribution in [0.2, 0.25) is 0 Å². The summed E-state index contributed by atoms with van der Waals surface area (Å²) in [5, 5.41) is 0. The number of benzene rings is 1. The number of carbonyl (C=O) groups excluding carboxylic acids is 1. The van der Waals surface area contributed by atoms with Crippen LogP contribution in [0, 0.1) is 23.7 Å². The summed E-state index contributed by atoms with van der Waals surface area (Å²) >= 11 is 0. The SMILES string of the molecule is O=C1C[C@@H]2c3ccccc3O[C@@H]2[C@@H]2[C@@H]3COC[C@@H]3C[C@H]12. The molecule has 2 aliphatic heterocycles. The van der Waals surface area contributed by atoms with Gasteiger partial charge in [0.15, 0.2) is 0 Å². The average Bonchev–Trinajstić information content (AvgIpc) is 3.10. The predicted molar refractivity (Wildman–Crippen MR) is 72.6 cm³/mol. The fourth-order valence-electron chi connectivity index (χ4n) is 5.12. The maximum atomic E-state index is 12.6. The lowest BCUT2D eigenvalue weighted by Gasteiger charge is -2.36. The Morgan fingerprint density at radius 2 is 2.00 bits per heavy atom. The van der Waals surface area contributed by atoms with E-state index >= 15 is 0 Å². The fraction of sp³-hybridized carbons (Fsp3) is 0.588. The Morgan fingerprint density at radius 3 is 2.95 bits per heavy atom. The third kappa shape index (κ3) is 1.32. The van der Waals surface area contributed by atoms with Crippen LogP contribution < -0.4 is 4.74 Å². The standard InChI is InChI=1S/C17H18O3/c18-14-6-11-10-3-1-2-4-15(10)20-17(11)16-12(14)5-9-7-19-8-13(9)16/h1-4,9,11-13,16-17H,5-8H2/t9-,11+,12+,13+,16-,17-/m0/s1. The number of hydrogen-bond donors (Lipinski definition) is 0. The van der Waals surface area contributed by atoms with Crippen molar-refractivity contribution in [2.24, 2.45) is 23.7 Å². The first-order valence-electron chi connectivity index (χ1n) is 7.69. The van der Waals surface area contributed by atoms with E-state index in [9.17, 15) is 4.79 Å². The Morgan fingerprint density at radius 1 is 1.10 bits per heavy atom. The van der Waals surface area contributed by atoms with Gasteiger partial charge in [-0.25, -0.2) is 0 Å². The summed E-state index contributed by atoms with van der Waals surface area (Å²) in [5.74, 6) is 3.46. The Kier molecular flexibility index (Phi) is 2.18. The quantitative estimate of drug-likeness (QED) is 0.726. The van der Waals surface area contributed by atoms with Gasteiger partial charge in [-0.3, -0.25) is 4.79 Å². The molecular weight excluding hydrogens is 252 g/mol. The van der Waals surface area contributed by atoms with E-state index in [1.54, 1.807) is 0 Å². The summed E-state index contributed by atoms with van der Waals surface area (Å²) in [7, 11) is 0. The predicted octanol–water partition coefficient (Wildman–Crippen LogP) is 2.40. The van der Waals surface area contributed by atoms with Gasteiger partial charge in [0, 0.05) is 36.3 Å². The van der Waals surface area contributed by atoms with Gasteiger partial charge in [0.2, 0.25) is 0 Å². The van der Waals surface area contributed by atoms with Gasteiger partial charge in [-0.05, 0) is 24.3 Å². The minimum Gasteiger partial charge on any atom is -0.489 e. The zero-order valence-electron chi connectivity index (χ0n) is 11.3. The highest BCUT2D eigenvalue weighted by molar-refractivity contribution is 5.84. The second-order valence-corrected chi connectivity index (χ2v) is 6.78. The molecule has 1 saturated heterocycles. The second-order valence-electron chi connectivity index (χ2n) is 6.78. The van der Waals surface area contributed by atoms with Crippen LogP contribution in [0.5, 0.6) is 5.75 Å². The molecule has 0 bridgehead atoms. The van der Waals surface area contributed by atoms with Gasteiger partial charge in [-0.2, -0.15) is 0 Å². The first-order valence-corrected chi connectivity index (χ1v) is 7.69. The average molecular weight is 270 g/mol. The molecule has 0 unspecified atom stereocenters.